The zero-order chi connectivity index (χ0) is 15.2. The van der Waals surface area contributed by atoms with Crippen molar-refractivity contribution in [1.82, 2.24) is 0 Å². The zero-order valence-electron chi connectivity index (χ0n) is 11.3. The van der Waals surface area contributed by atoms with Gasteiger partial charge in [-0.3, -0.25) is 9.59 Å². The molecule has 5 heteroatoms. The molecule has 2 rings (SSSR count). The molecule has 0 saturated heterocycles. The Balaban J connectivity index is 2.20. The van der Waals surface area contributed by atoms with Gasteiger partial charge in [-0.1, -0.05) is 17.8 Å². The summed E-state index contributed by atoms with van der Waals surface area (Å²) < 4.78 is 0. The molecule has 2 aromatic rings. The van der Waals surface area contributed by atoms with Gasteiger partial charge in [-0.05, 0) is 36.4 Å². The second-order valence-electron chi connectivity index (χ2n) is 4.29. The van der Waals surface area contributed by atoms with Crippen LogP contribution in [0.25, 0.3) is 0 Å². The Bertz CT molecular complexity index is 718. The van der Waals surface area contributed by atoms with E-state index in [1.807, 2.05) is 12.1 Å². The molecular formula is C16H12N2O2S. The lowest BCUT2D eigenvalue weighted by Gasteiger charge is -2.06. The normalized spacial score (nSPS) is 9.71. The smallest absolute Gasteiger partial charge is 0.221 e. The van der Waals surface area contributed by atoms with Crippen LogP contribution in [0.15, 0.2) is 52.3 Å². The van der Waals surface area contributed by atoms with Crippen molar-refractivity contribution in [2.75, 3.05) is 5.32 Å². The minimum Gasteiger partial charge on any atom is -0.326 e. The average molecular weight is 296 g/mol. The predicted octanol–water partition coefficient (Wildman–Crippen LogP) is 3.48. The first-order valence-electron chi connectivity index (χ1n) is 6.17. The standard InChI is InChI=1S/C16H12N2O2S/c1-11(20)18-14-3-5-15(6-4-14)21-16-7-2-12(10-19)8-13(16)9-17/h2-8,10H,1H3,(H,18,20). The lowest BCUT2D eigenvalue weighted by atomic mass is 10.1. The number of hydrogen-bond donors (Lipinski definition) is 1. The maximum absolute atomic E-state index is 11.0. The number of hydrogen-bond acceptors (Lipinski definition) is 4. The van der Waals surface area contributed by atoms with Crippen molar-refractivity contribution in [3.63, 3.8) is 0 Å². The molecule has 2 aromatic carbocycles. The quantitative estimate of drug-likeness (QED) is 0.877. The molecule has 0 atom stereocenters. The van der Waals surface area contributed by atoms with E-state index in [1.165, 1.54) is 18.7 Å². The fourth-order valence-electron chi connectivity index (χ4n) is 1.73. The Hall–Kier alpha value is -2.58. The summed E-state index contributed by atoms with van der Waals surface area (Å²) in [6.45, 7) is 1.45. The highest BCUT2D eigenvalue weighted by atomic mass is 32.2. The number of carbonyl (C=O) groups is 2. The molecule has 0 heterocycles. The number of amides is 1. The summed E-state index contributed by atoms with van der Waals surface area (Å²) in [4.78, 5) is 23.4. The number of nitrogens with zero attached hydrogens (tertiary/aromatic N) is 1. The van der Waals surface area contributed by atoms with Crippen LogP contribution in [-0.4, -0.2) is 12.2 Å². The number of rotatable bonds is 4. The molecule has 0 saturated carbocycles. The highest BCUT2D eigenvalue weighted by molar-refractivity contribution is 7.99. The molecule has 0 aliphatic rings. The van der Waals surface area contributed by atoms with Crippen molar-refractivity contribution in [2.24, 2.45) is 0 Å². The molecule has 21 heavy (non-hydrogen) atoms. The monoisotopic (exact) mass is 296 g/mol. The fraction of sp³-hybridized carbons (Fsp3) is 0.0625. The van der Waals surface area contributed by atoms with Crippen LogP contribution in [0.2, 0.25) is 0 Å². The number of nitrogens with one attached hydrogen (secondary N) is 1. The van der Waals surface area contributed by atoms with Crippen LogP contribution in [-0.2, 0) is 4.79 Å². The van der Waals surface area contributed by atoms with E-state index in [0.29, 0.717) is 11.1 Å². The Kier molecular flexibility index (Phi) is 4.75. The van der Waals surface area contributed by atoms with Gasteiger partial charge in [-0.15, -0.1) is 0 Å². The third kappa shape index (κ3) is 3.94. The van der Waals surface area contributed by atoms with Gasteiger partial charge in [0.25, 0.3) is 0 Å². The number of benzene rings is 2. The first kappa shape index (κ1) is 14.8. The highest BCUT2D eigenvalue weighted by Gasteiger charge is 2.06. The van der Waals surface area contributed by atoms with E-state index in [9.17, 15) is 9.59 Å². The molecule has 1 amide bonds. The number of carbonyl (C=O) groups excluding carboxylic acids is 2. The van der Waals surface area contributed by atoms with Crippen molar-refractivity contribution in [3.8, 4) is 6.07 Å². The molecule has 0 radical (unpaired) electrons. The maximum Gasteiger partial charge on any atom is 0.221 e. The number of aldehydes is 1. The second kappa shape index (κ2) is 6.73. The second-order valence-corrected chi connectivity index (χ2v) is 5.41. The van der Waals surface area contributed by atoms with Crippen LogP contribution in [0.1, 0.15) is 22.8 Å². The van der Waals surface area contributed by atoms with Crippen LogP contribution < -0.4 is 5.32 Å². The lowest BCUT2D eigenvalue weighted by Crippen LogP contribution is -2.05. The molecular weight excluding hydrogens is 284 g/mol. The van der Waals surface area contributed by atoms with Gasteiger partial charge < -0.3 is 5.32 Å². The highest BCUT2D eigenvalue weighted by Crippen LogP contribution is 2.31. The van der Waals surface area contributed by atoms with Crippen molar-refractivity contribution < 1.29 is 9.59 Å². The molecule has 0 aliphatic heterocycles. The summed E-state index contributed by atoms with van der Waals surface area (Å²) >= 11 is 1.43. The molecule has 4 nitrogen and oxygen atoms in total. The third-order valence-electron chi connectivity index (χ3n) is 2.66. The van der Waals surface area contributed by atoms with Gasteiger partial charge in [0, 0.05) is 28.0 Å². The summed E-state index contributed by atoms with van der Waals surface area (Å²) in [6, 6.07) is 14.4. The number of anilines is 1. The summed E-state index contributed by atoms with van der Waals surface area (Å²) in [5.41, 5.74) is 1.68. The van der Waals surface area contributed by atoms with Gasteiger partial charge in [-0.2, -0.15) is 5.26 Å². The molecule has 0 bridgehead atoms. The minimum absolute atomic E-state index is 0.119. The first-order chi connectivity index (χ1) is 10.1. The van der Waals surface area contributed by atoms with Crippen molar-refractivity contribution in [1.29, 1.82) is 5.26 Å². The van der Waals surface area contributed by atoms with Gasteiger partial charge in [0.2, 0.25) is 5.91 Å². The summed E-state index contributed by atoms with van der Waals surface area (Å²) in [6.07, 6.45) is 0.720. The van der Waals surface area contributed by atoms with E-state index in [-0.39, 0.29) is 5.91 Å². The Morgan fingerprint density at radius 2 is 1.95 bits per heavy atom. The van der Waals surface area contributed by atoms with E-state index in [2.05, 4.69) is 11.4 Å². The Morgan fingerprint density at radius 3 is 2.52 bits per heavy atom. The van der Waals surface area contributed by atoms with Crippen molar-refractivity contribution in [3.05, 3.63) is 53.6 Å². The maximum atomic E-state index is 11.0. The van der Waals surface area contributed by atoms with Crippen LogP contribution in [0.3, 0.4) is 0 Å². The molecule has 0 fully saturated rings. The van der Waals surface area contributed by atoms with E-state index in [1.54, 1.807) is 30.3 Å². The van der Waals surface area contributed by atoms with Gasteiger partial charge in [-0.25, -0.2) is 0 Å². The van der Waals surface area contributed by atoms with Crippen LogP contribution in [0.5, 0.6) is 0 Å². The van der Waals surface area contributed by atoms with Crippen LogP contribution in [0.4, 0.5) is 5.69 Å². The molecule has 0 aliphatic carbocycles. The molecule has 0 unspecified atom stereocenters. The molecule has 0 aromatic heterocycles. The SMILES string of the molecule is CC(=O)Nc1ccc(Sc2ccc(C=O)cc2C#N)cc1. The summed E-state index contributed by atoms with van der Waals surface area (Å²) in [5.74, 6) is -0.119. The van der Waals surface area contributed by atoms with E-state index in [4.69, 9.17) is 5.26 Å². The van der Waals surface area contributed by atoms with Crippen LogP contribution in [0, 0.1) is 11.3 Å². The molecule has 0 spiro atoms. The summed E-state index contributed by atoms with van der Waals surface area (Å²) in [5, 5.41) is 11.8. The van der Waals surface area contributed by atoms with E-state index in [0.717, 1.165) is 21.8 Å². The fourth-order valence-corrected chi connectivity index (χ4v) is 2.61. The molecule has 1 N–H and O–H groups in total. The zero-order valence-corrected chi connectivity index (χ0v) is 12.1. The van der Waals surface area contributed by atoms with E-state index < -0.39 is 0 Å². The molecule has 104 valence electrons. The first-order valence-corrected chi connectivity index (χ1v) is 6.99. The van der Waals surface area contributed by atoms with Gasteiger partial charge in [0.1, 0.15) is 12.4 Å². The Labute approximate surface area is 126 Å². The van der Waals surface area contributed by atoms with E-state index >= 15 is 0 Å². The van der Waals surface area contributed by atoms with Gasteiger partial charge in [0.15, 0.2) is 0 Å². The van der Waals surface area contributed by atoms with Gasteiger partial charge >= 0.3 is 0 Å². The van der Waals surface area contributed by atoms with Crippen molar-refractivity contribution >= 4 is 29.6 Å². The minimum atomic E-state index is -0.119. The van der Waals surface area contributed by atoms with Crippen LogP contribution >= 0.6 is 11.8 Å². The Morgan fingerprint density at radius 1 is 1.24 bits per heavy atom. The summed E-state index contributed by atoms with van der Waals surface area (Å²) in [7, 11) is 0. The average Bonchev–Trinajstić information content (AvgIpc) is 2.49. The largest absolute Gasteiger partial charge is 0.326 e. The topological polar surface area (TPSA) is 70.0 Å². The third-order valence-corrected chi connectivity index (χ3v) is 3.75. The predicted molar refractivity (Wildman–Crippen MR) is 81.4 cm³/mol. The number of nitriles is 1. The lowest BCUT2D eigenvalue weighted by molar-refractivity contribution is -0.114. The van der Waals surface area contributed by atoms with Crippen molar-refractivity contribution in [2.45, 2.75) is 16.7 Å². The van der Waals surface area contributed by atoms with Gasteiger partial charge in [0.05, 0.1) is 5.56 Å².